The first-order chi connectivity index (χ1) is 12.8. The first-order valence-electron chi connectivity index (χ1n) is 8.17. The number of thiophene rings is 1. The van der Waals surface area contributed by atoms with Gasteiger partial charge in [0.05, 0.1) is 17.7 Å². The average molecular weight is 411 g/mol. The van der Waals surface area contributed by atoms with Crippen molar-refractivity contribution >= 4 is 51.5 Å². The summed E-state index contributed by atoms with van der Waals surface area (Å²) >= 11 is 7.05. The molecule has 0 fully saturated rings. The Balaban J connectivity index is 2.02. The molecule has 144 valence electrons. The number of anilines is 2. The lowest BCUT2D eigenvalue weighted by atomic mass is 10.2. The summed E-state index contributed by atoms with van der Waals surface area (Å²) in [4.78, 5) is 37.1. The third kappa shape index (κ3) is 5.45. The summed E-state index contributed by atoms with van der Waals surface area (Å²) in [5, 5.41) is 3.33. The maximum absolute atomic E-state index is 12.1. The molecule has 27 heavy (non-hydrogen) atoms. The topological polar surface area (TPSA) is 108 Å². The maximum Gasteiger partial charge on any atom is 0.341 e. The van der Waals surface area contributed by atoms with Crippen molar-refractivity contribution in [2.75, 3.05) is 24.3 Å². The van der Waals surface area contributed by atoms with Gasteiger partial charge in [-0.25, -0.2) is 9.59 Å². The Morgan fingerprint density at radius 2 is 1.81 bits per heavy atom. The fourth-order valence-electron chi connectivity index (χ4n) is 2.16. The summed E-state index contributed by atoms with van der Waals surface area (Å²) in [6, 6.07) is 6.02. The number of esters is 2. The Labute approximate surface area is 165 Å². The highest BCUT2D eigenvalue weighted by Gasteiger charge is 2.20. The number of aryl methyl sites for hydroxylation is 1. The lowest BCUT2D eigenvalue weighted by Gasteiger charge is -2.08. The van der Waals surface area contributed by atoms with E-state index in [0.717, 1.165) is 4.88 Å². The average Bonchev–Trinajstić information content (AvgIpc) is 3.03. The van der Waals surface area contributed by atoms with Gasteiger partial charge in [0.2, 0.25) is 0 Å². The zero-order valence-electron chi connectivity index (χ0n) is 14.8. The fourth-order valence-corrected chi connectivity index (χ4v) is 3.34. The number of nitrogens with two attached hydrogens (primary N) is 1. The summed E-state index contributed by atoms with van der Waals surface area (Å²) < 4.78 is 9.97. The second-order valence-corrected chi connectivity index (χ2v) is 6.96. The van der Waals surface area contributed by atoms with Gasteiger partial charge in [0.25, 0.3) is 5.91 Å². The van der Waals surface area contributed by atoms with Crippen molar-refractivity contribution in [2.24, 2.45) is 0 Å². The predicted molar refractivity (Wildman–Crippen MR) is 104 cm³/mol. The van der Waals surface area contributed by atoms with Gasteiger partial charge in [0.1, 0.15) is 5.00 Å². The number of hydrogen-bond acceptors (Lipinski definition) is 7. The molecule has 1 amide bonds. The standard InChI is InChI=1S/C18H19ClN2O5S/c1-3-11-8-13(18(24)25-4-2)16(27-11)21-15(22)9-26-17(23)12-6-5-10(19)7-14(12)20/h5-8H,3-4,9,20H2,1-2H3,(H,21,22). The van der Waals surface area contributed by atoms with E-state index in [9.17, 15) is 14.4 Å². The van der Waals surface area contributed by atoms with Crippen LogP contribution in [0.15, 0.2) is 24.3 Å². The van der Waals surface area contributed by atoms with E-state index in [0.29, 0.717) is 16.4 Å². The zero-order valence-corrected chi connectivity index (χ0v) is 16.4. The molecule has 1 aromatic carbocycles. The maximum atomic E-state index is 12.1. The van der Waals surface area contributed by atoms with Gasteiger partial charge in [0, 0.05) is 15.6 Å². The van der Waals surface area contributed by atoms with E-state index in [-0.39, 0.29) is 23.4 Å². The highest BCUT2D eigenvalue weighted by molar-refractivity contribution is 7.16. The lowest BCUT2D eigenvalue weighted by Crippen LogP contribution is -2.22. The summed E-state index contributed by atoms with van der Waals surface area (Å²) in [6.07, 6.45) is 0.706. The Morgan fingerprint density at radius 3 is 2.44 bits per heavy atom. The molecule has 0 aliphatic rings. The number of carbonyl (C=O) groups excluding carboxylic acids is 3. The molecule has 2 aromatic rings. The van der Waals surface area contributed by atoms with Gasteiger partial charge in [-0.3, -0.25) is 4.79 Å². The summed E-state index contributed by atoms with van der Waals surface area (Å²) in [6.45, 7) is 3.34. The van der Waals surface area contributed by atoms with E-state index in [1.54, 1.807) is 13.0 Å². The largest absolute Gasteiger partial charge is 0.462 e. The number of halogens is 1. The van der Waals surface area contributed by atoms with Crippen LogP contribution >= 0.6 is 22.9 Å². The molecule has 0 radical (unpaired) electrons. The molecule has 7 nitrogen and oxygen atoms in total. The van der Waals surface area contributed by atoms with Gasteiger partial charge in [-0.1, -0.05) is 18.5 Å². The SMILES string of the molecule is CCOC(=O)c1cc(CC)sc1NC(=O)COC(=O)c1ccc(Cl)cc1N. The fraction of sp³-hybridized carbons (Fsp3) is 0.278. The van der Waals surface area contributed by atoms with Crippen molar-refractivity contribution in [1.29, 1.82) is 0 Å². The Morgan fingerprint density at radius 1 is 1.11 bits per heavy atom. The van der Waals surface area contributed by atoms with Crippen LogP contribution in [-0.2, 0) is 20.7 Å². The number of hydrogen-bond donors (Lipinski definition) is 2. The highest BCUT2D eigenvalue weighted by atomic mass is 35.5. The second kappa shape index (κ2) is 9.38. The number of benzene rings is 1. The van der Waals surface area contributed by atoms with E-state index in [2.05, 4.69) is 5.32 Å². The van der Waals surface area contributed by atoms with Crippen molar-refractivity contribution in [3.05, 3.63) is 45.3 Å². The molecule has 0 saturated heterocycles. The minimum Gasteiger partial charge on any atom is -0.462 e. The Hall–Kier alpha value is -2.58. The molecule has 0 spiro atoms. The monoisotopic (exact) mass is 410 g/mol. The molecule has 0 saturated carbocycles. The van der Waals surface area contributed by atoms with Gasteiger partial charge < -0.3 is 20.5 Å². The zero-order chi connectivity index (χ0) is 20.0. The third-order valence-corrected chi connectivity index (χ3v) is 4.88. The van der Waals surface area contributed by atoms with E-state index < -0.39 is 24.5 Å². The highest BCUT2D eigenvalue weighted by Crippen LogP contribution is 2.29. The van der Waals surface area contributed by atoms with Crippen molar-refractivity contribution in [3.8, 4) is 0 Å². The van der Waals surface area contributed by atoms with Crippen molar-refractivity contribution in [2.45, 2.75) is 20.3 Å². The first-order valence-corrected chi connectivity index (χ1v) is 9.37. The molecule has 0 aliphatic carbocycles. The quantitative estimate of drug-likeness (QED) is 0.534. The minimum atomic E-state index is -0.745. The van der Waals surface area contributed by atoms with Crippen molar-refractivity contribution < 1.29 is 23.9 Å². The third-order valence-electron chi connectivity index (χ3n) is 3.45. The molecular weight excluding hydrogens is 392 g/mol. The summed E-state index contributed by atoms with van der Waals surface area (Å²) in [5.41, 5.74) is 6.26. The van der Waals surface area contributed by atoms with Gasteiger partial charge in [0.15, 0.2) is 6.61 Å². The van der Waals surface area contributed by atoms with Crippen LogP contribution in [0.1, 0.15) is 39.4 Å². The van der Waals surface area contributed by atoms with Crippen LogP contribution in [0.4, 0.5) is 10.7 Å². The van der Waals surface area contributed by atoms with E-state index in [1.165, 1.54) is 29.5 Å². The molecule has 9 heteroatoms. The molecule has 1 heterocycles. The molecular formula is C18H19ClN2O5S. The van der Waals surface area contributed by atoms with Crippen LogP contribution in [0.2, 0.25) is 5.02 Å². The number of nitrogen functional groups attached to an aromatic ring is 1. The lowest BCUT2D eigenvalue weighted by molar-refractivity contribution is -0.119. The normalized spacial score (nSPS) is 10.3. The van der Waals surface area contributed by atoms with Crippen LogP contribution in [-0.4, -0.2) is 31.1 Å². The Bertz CT molecular complexity index is 865. The van der Waals surface area contributed by atoms with Crippen molar-refractivity contribution in [3.63, 3.8) is 0 Å². The van der Waals surface area contributed by atoms with Crippen molar-refractivity contribution in [1.82, 2.24) is 0 Å². The first kappa shape index (κ1) is 20.7. The van der Waals surface area contributed by atoms with Gasteiger partial charge in [-0.05, 0) is 37.6 Å². The number of ether oxygens (including phenoxy) is 2. The van der Waals surface area contributed by atoms with Gasteiger partial charge >= 0.3 is 11.9 Å². The van der Waals surface area contributed by atoms with Crippen LogP contribution in [0, 0.1) is 0 Å². The van der Waals surface area contributed by atoms with Crippen LogP contribution in [0.5, 0.6) is 0 Å². The predicted octanol–water partition coefficient (Wildman–Crippen LogP) is 3.52. The van der Waals surface area contributed by atoms with Crippen LogP contribution in [0.25, 0.3) is 0 Å². The smallest absolute Gasteiger partial charge is 0.341 e. The van der Waals surface area contributed by atoms with E-state index in [4.69, 9.17) is 26.8 Å². The molecule has 2 rings (SSSR count). The molecule has 3 N–H and O–H groups in total. The number of rotatable bonds is 7. The molecule has 0 unspecified atom stereocenters. The van der Waals surface area contributed by atoms with E-state index >= 15 is 0 Å². The van der Waals surface area contributed by atoms with Gasteiger partial charge in [-0.2, -0.15) is 0 Å². The number of nitrogens with one attached hydrogen (secondary N) is 1. The number of carbonyl (C=O) groups is 3. The minimum absolute atomic E-state index is 0.115. The number of amides is 1. The van der Waals surface area contributed by atoms with Crippen LogP contribution in [0.3, 0.4) is 0 Å². The summed E-state index contributed by atoms with van der Waals surface area (Å²) in [7, 11) is 0. The Kier molecular flexibility index (Phi) is 7.20. The second-order valence-electron chi connectivity index (χ2n) is 5.39. The van der Waals surface area contributed by atoms with Gasteiger partial charge in [-0.15, -0.1) is 11.3 Å². The molecule has 0 atom stereocenters. The molecule has 0 aliphatic heterocycles. The van der Waals surface area contributed by atoms with E-state index in [1.807, 2.05) is 6.92 Å². The van der Waals surface area contributed by atoms with Crippen LogP contribution < -0.4 is 11.1 Å². The molecule has 1 aromatic heterocycles. The summed E-state index contributed by atoms with van der Waals surface area (Å²) in [5.74, 6) is -1.84. The molecule has 0 bridgehead atoms.